The van der Waals surface area contributed by atoms with Gasteiger partial charge in [-0.3, -0.25) is 24.6 Å². The number of piperazine rings is 1. The molecule has 3 aromatic heterocycles. The van der Waals surface area contributed by atoms with Crippen LogP contribution < -0.4 is 25.2 Å². The summed E-state index contributed by atoms with van der Waals surface area (Å²) >= 11 is 0. The molecule has 354 valence electrons. The molecule has 0 bridgehead atoms. The van der Waals surface area contributed by atoms with Gasteiger partial charge in [0, 0.05) is 93.6 Å². The Morgan fingerprint density at radius 1 is 0.941 bits per heavy atom. The standard InChI is InChI=1S/C47H51FN12O7S/c1-5-66-29(4)59-24-31(22-50-59)42-43(67-28(2)3)44-53-47(54-60(44)27-49-42)51-39-12-10-36(21-38(39)48)68(64,65)35-8-6-7-32(20-35)57-25-34(26-57)56-17-15-55(16-18-56)33-9-11-37-30(19-33)23-58(46(37)63)40-13-14-41(61)52-45(40)62/h6-12,19-22,24,27-29,34,40H,5,13-18,23,25-26H2,1-4H3,(H,51,54)(H,52,61,62)/t29?,40-/m0/s1. The number of nitrogens with one attached hydrogen (secondary N) is 2. The molecule has 0 radical (unpaired) electrons. The maximum atomic E-state index is 15.8. The zero-order valence-electron chi connectivity index (χ0n) is 38.0. The lowest BCUT2D eigenvalue weighted by Crippen LogP contribution is -2.63. The number of rotatable bonds is 14. The van der Waals surface area contributed by atoms with E-state index in [1.807, 2.05) is 58.2 Å². The fourth-order valence-electron chi connectivity index (χ4n) is 9.28. The molecule has 21 heteroatoms. The fourth-order valence-corrected chi connectivity index (χ4v) is 10.6. The van der Waals surface area contributed by atoms with Gasteiger partial charge in [-0.1, -0.05) is 6.07 Å². The van der Waals surface area contributed by atoms with Gasteiger partial charge in [-0.05, 0) is 94.3 Å². The molecule has 68 heavy (non-hydrogen) atoms. The summed E-state index contributed by atoms with van der Waals surface area (Å²) in [6, 6.07) is 15.9. The molecule has 2 atom stereocenters. The zero-order chi connectivity index (χ0) is 47.4. The average Bonchev–Trinajstić information content (AvgIpc) is 4.05. The molecule has 3 saturated heterocycles. The summed E-state index contributed by atoms with van der Waals surface area (Å²) in [7, 11) is -4.09. The number of hydrogen-bond acceptors (Lipinski definition) is 15. The van der Waals surface area contributed by atoms with Crippen molar-refractivity contribution < 1.29 is 36.7 Å². The summed E-state index contributed by atoms with van der Waals surface area (Å²) in [6.45, 7) is 13.1. The molecule has 6 aromatic rings. The molecular formula is C47H51FN12O7S. The van der Waals surface area contributed by atoms with E-state index in [1.54, 1.807) is 27.9 Å². The minimum atomic E-state index is -4.09. The van der Waals surface area contributed by atoms with Gasteiger partial charge in [0.2, 0.25) is 33.2 Å². The Kier molecular flexibility index (Phi) is 11.8. The highest BCUT2D eigenvalue weighted by Gasteiger charge is 2.40. The first kappa shape index (κ1) is 44.8. The van der Waals surface area contributed by atoms with Crippen LogP contribution in [0.3, 0.4) is 0 Å². The van der Waals surface area contributed by atoms with Crippen molar-refractivity contribution >= 4 is 56.2 Å². The van der Waals surface area contributed by atoms with Crippen molar-refractivity contribution in [3.63, 3.8) is 0 Å². The third kappa shape index (κ3) is 8.49. The van der Waals surface area contributed by atoms with E-state index in [0.29, 0.717) is 53.8 Å². The van der Waals surface area contributed by atoms with Gasteiger partial charge < -0.3 is 29.5 Å². The number of carbonyl (C=O) groups excluding carboxylic acids is 3. The van der Waals surface area contributed by atoms with Crippen molar-refractivity contribution in [3.05, 3.63) is 96.3 Å². The Morgan fingerprint density at radius 2 is 1.72 bits per heavy atom. The first-order chi connectivity index (χ1) is 32.7. The van der Waals surface area contributed by atoms with Crippen LogP contribution in [0, 0.1) is 5.82 Å². The highest BCUT2D eigenvalue weighted by Crippen LogP contribution is 2.36. The fraction of sp³-hybridized carbons (Fsp3) is 0.383. The van der Waals surface area contributed by atoms with E-state index < -0.39 is 27.6 Å². The van der Waals surface area contributed by atoms with Gasteiger partial charge in [0.1, 0.15) is 30.1 Å². The molecule has 7 heterocycles. The van der Waals surface area contributed by atoms with Crippen LogP contribution in [0.15, 0.2) is 89.2 Å². The van der Waals surface area contributed by atoms with Gasteiger partial charge >= 0.3 is 0 Å². The van der Waals surface area contributed by atoms with Crippen molar-refractivity contribution in [2.75, 3.05) is 61.0 Å². The molecule has 4 aliphatic heterocycles. The van der Waals surface area contributed by atoms with E-state index in [1.165, 1.54) is 29.0 Å². The lowest BCUT2D eigenvalue weighted by atomic mass is 10.0. The number of fused-ring (bicyclic) bond motifs is 2. The van der Waals surface area contributed by atoms with Crippen LogP contribution in [0.2, 0.25) is 0 Å². The maximum absolute atomic E-state index is 15.8. The molecule has 3 amide bonds. The maximum Gasteiger partial charge on any atom is 0.255 e. The number of piperidine rings is 1. The SMILES string of the molecule is CCOC(C)n1cc(-c2ncn3nc(Nc4ccc(S(=O)(=O)c5cccc(N6CC(N7CCN(c8ccc9c(c8)CN([C@H]8CCC(=O)NC8=O)C9=O)CC7)C6)c5)cc4F)nc3c2OC(C)C)cn1. The number of aromatic nitrogens is 6. The normalized spacial score (nSPS) is 18.6. The van der Waals surface area contributed by atoms with E-state index in [9.17, 15) is 22.8 Å². The number of sulfone groups is 1. The minimum absolute atomic E-state index is 0.0195. The minimum Gasteiger partial charge on any atom is -0.485 e. The van der Waals surface area contributed by atoms with Crippen molar-refractivity contribution in [2.45, 2.75) is 81.3 Å². The van der Waals surface area contributed by atoms with E-state index in [4.69, 9.17) is 9.47 Å². The van der Waals surface area contributed by atoms with E-state index in [2.05, 4.69) is 45.5 Å². The van der Waals surface area contributed by atoms with Crippen LogP contribution in [0.4, 0.5) is 27.4 Å². The van der Waals surface area contributed by atoms with E-state index in [-0.39, 0.29) is 52.0 Å². The zero-order valence-corrected chi connectivity index (χ0v) is 38.8. The largest absolute Gasteiger partial charge is 0.485 e. The molecule has 0 aliphatic carbocycles. The van der Waals surface area contributed by atoms with Crippen molar-refractivity contribution in [1.29, 1.82) is 0 Å². The molecule has 19 nitrogen and oxygen atoms in total. The third-order valence-electron chi connectivity index (χ3n) is 12.9. The number of benzene rings is 3. The Bertz CT molecular complexity index is 3060. The number of hydrogen-bond donors (Lipinski definition) is 2. The highest BCUT2D eigenvalue weighted by molar-refractivity contribution is 7.91. The van der Waals surface area contributed by atoms with Crippen LogP contribution >= 0.6 is 0 Å². The summed E-state index contributed by atoms with van der Waals surface area (Å²) in [4.78, 5) is 54.9. The quantitative estimate of drug-likeness (QED) is 0.141. The molecule has 0 saturated carbocycles. The van der Waals surface area contributed by atoms with E-state index >= 15 is 4.39 Å². The number of carbonyl (C=O) groups is 3. The van der Waals surface area contributed by atoms with Crippen LogP contribution in [-0.2, 0) is 30.7 Å². The van der Waals surface area contributed by atoms with Crippen molar-refractivity contribution in [3.8, 4) is 17.0 Å². The molecule has 1 unspecified atom stereocenters. The van der Waals surface area contributed by atoms with Crippen LogP contribution in [0.1, 0.15) is 62.7 Å². The summed E-state index contributed by atoms with van der Waals surface area (Å²) < 4.78 is 58.6. The van der Waals surface area contributed by atoms with Gasteiger partial charge in [-0.2, -0.15) is 14.6 Å². The summed E-state index contributed by atoms with van der Waals surface area (Å²) in [5.41, 5.74) is 4.75. The first-order valence-electron chi connectivity index (χ1n) is 22.8. The second kappa shape index (κ2) is 17.9. The highest BCUT2D eigenvalue weighted by atomic mass is 32.2. The first-order valence-corrected chi connectivity index (χ1v) is 24.2. The molecule has 4 aliphatic rings. The van der Waals surface area contributed by atoms with Crippen LogP contribution in [0.25, 0.3) is 16.9 Å². The van der Waals surface area contributed by atoms with Crippen molar-refractivity contribution in [2.24, 2.45) is 0 Å². The van der Waals surface area contributed by atoms with E-state index in [0.717, 1.165) is 62.3 Å². The topological polar surface area (TPSA) is 202 Å². The number of imide groups is 1. The summed E-state index contributed by atoms with van der Waals surface area (Å²) in [6.07, 6.45) is 4.96. The number of halogens is 1. The van der Waals surface area contributed by atoms with Crippen LogP contribution in [-0.4, -0.2) is 129 Å². The predicted molar refractivity (Wildman–Crippen MR) is 248 cm³/mol. The molecule has 0 spiro atoms. The number of ether oxygens (including phenoxy) is 2. The van der Waals surface area contributed by atoms with Gasteiger partial charge in [0.15, 0.2) is 5.75 Å². The third-order valence-corrected chi connectivity index (χ3v) is 14.7. The average molecular weight is 947 g/mol. The smallest absolute Gasteiger partial charge is 0.255 e. The monoisotopic (exact) mass is 946 g/mol. The molecule has 3 aromatic carbocycles. The predicted octanol–water partition coefficient (Wildman–Crippen LogP) is 4.82. The molecule has 3 fully saturated rings. The number of nitrogens with zero attached hydrogens (tertiary/aromatic N) is 10. The lowest BCUT2D eigenvalue weighted by Gasteiger charge is -2.49. The second-order valence-corrected chi connectivity index (χ2v) is 19.6. The molecule has 10 rings (SSSR count). The Balaban J connectivity index is 0.761. The number of anilines is 4. The van der Waals surface area contributed by atoms with Crippen LogP contribution in [0.5, 0.6) is 5.75 Å². The Morgan fingerprint density at radius 3 is 2.47 bits per heavy atom. The van der Waals surface area contributed by atoms with Gasteiger partial charge in [0.25, 0.3) is 5.91 Å². The van der Waals surface area contributed by atoms with Gasteiger partial charge in [-0.15, -0.1) is 5.10 Å². The molecule has 2 N–H and O–H groups in total. The number of amides is 3. The summed E-state index contributed by atoms with van der Waals surface area (Å²) in [5, 5.41) is 14.1. The Hall–Kier alpha value is -6.97. The van der Waals surface area contributed by atoms with Gasteiger partial charge in [0.05, 0.1) is 27.8 Å². The lowest BCUT2D eigenvalue weighted by molar-refractivity contribution is -0.136. The second-order valence-electron chi connectivity index (χ2n) is 17.6. The Labute approximate surface area is 391 Å². The molecular weight excluding hydrogens is 896 g/mol. The summed E-state index contributed by atoms with van der Waals surface area (Å²) in [5.74, 6) is -1.31. The van der Waals surface area contributed by atoms with Gasteiger partial charge in [-0.25, -0.2) is 22.5 Å². The van der Waals surface area contributed by atoms with Crippen molar-refractivity contribution in [1.82, 2.24) is 44.5 Å².